The Bertz CT molecular complexity index is 1520. The summed E-state index contributed by atoms with van der Waals surface area (Å²) in [6.45, 7) is 7.02. The number of carbonyl (C=O) groups is 2. The van der Waals surface area contributed by atoms with Crippen molar-refractivity contribution >= 4 is 17.6 Å². The Balaban J connectivity index is 1.53. The summed E-state index contributed by atoms with van der Waals surface area (Å²) < 4.78 is 0. The molecule has 3 aromatic carbocycles. The monoisotopic (exact) mass is 628 g/mol. The molecule has 5 unspecified atom stereocenters. The molecule has 2 aliphatic rings. The van der Waals surface area contributed by atoms with E-state index in [2.05, 4.69) is 58.7 Å². The van der Waals surface area contributed by atoms with Crippen LogP contribution in [0.15, 0.2) is 84.9 Å². The van der Waals surface area contributed by atoms with Gasteiger partial charge in [-0.05, 0) is 68.4 Å². The van der Waals surface area contributed by atoms with Crippen molar-refractivity contribution in [3.63, 3.8) is 0 Å². The van der Waals surface area contributed by atoms with Crippen LogP contribution in [-0.2, 0) is 15.0 Å². The maximum absolute atomic E-state index is 13.6. The minimum absolute atomic E-state index is 0.127. The summed E-state index contributed by atoms with van der Waals surface area (Å²) in [6.07, 6.45) is 0.699. The number of hydrogen-bond acceptors (Lipinski definition) is 7. The van der Waals surface area contributed by atoms with Crippen LogP contribution < -0.4 is 11.1 Å². The fourth-order valence-electron chi connectivity index (χ4n) is 8.54. The molecule has 0 amide bonds. The molecule has 5 rings (SSSR count). The number of carboxylic acid groups (broad SMARTS) is 2. The van der Waals surface area contributed by atoms with Crippen LogP contribution >= 0.6 is 0 Å². The summed E-state index contributed by atoms with van der Waals surface area (Å²) in [6, 6.07) is 25.9. The van der Waals surface area contributed by atoms with Crippen LogP contribution in [0.3, 0.4) is 0 Å². The Morgan fingerprint density at radius 3 is 2.00 bits per heavy atom. The first-order valence-corrected chi connectivity index (χ1v) is 16.0. The zero-order valence-corrected chi connectivity index (χ0v) is 26.6. The van der Waals surface area contributed by atoms with E-state index in [1.807, 2.05) is 12.1 Å². The second kappa shape index (κ2) is 12.9. The second-order valence-corrected chi connectivity index (χ2v) is 13.3. The summed E-state index contributed by atoms with van der Waals surface area (Å²) in [5.74, 6) is -4.14. The van der Waals surface area contributed by atoms with Gasteiger partial charge in [-0.1, -0.05) is 86.6 Å². The largest absolute Gasteiger partial charge is 0.481 e. The van der Waals surface area contributed by atoms with Crippen LogP contribution in [-0.4, -0.2) is 63.8 Å². The van der Waals surface area contributed by atoms with Crippen LogP contribution in [0.5, 0.6) is 0 Å². The SMILES string of the molecule is CC1NC(N)C(C(=O)O)(C(C)C)C(c2cccc([N+](=O)[O-])c2)C1(CCN1CCC(c2ccccc2)(c2ccccc2)CC1)C(=O)O. The van der Waals surface area contributed by atoms with E-state index < -0.39 is 51.7 Å². The molecular formula is C36H44N4O6. The van der Waals surface area contributed by atoms with Gasteiger partial charge in [0, 0.05) is 29.5 Å². The Morgan fingerprint density at radius 2 is 1.52 bits per heavy atom. The van der Waals surface area contributed by atoms with Crippen LogP contribution in [0.1, 0.15) is 62.6 Å². The molecule has 0 saturated carbocycles. The molecule has 2 fully saturated rings. The summed E-state index contributed by atoms with van der Waals surface area (Å²) in [7, 11) is 0. The lowest BCUT2D eigenvalue weighted by Gasteiger charge is -2.59. The van der Waals surface area contributed by atoms with Crippen molar-refractivity contribution in [2.45, 2.75) is 63.6 Å². The van der Waals surface area contributed by atoms with Gasteiger partial charge in [0.1, 0.15) is 5.41 Å². The highest BCUT2D eigenvalue weighted by Gasteiger charge is 2.68. The number of carboxylic acids is 2. The first-order valence-electron chi connectivity index (χ1n) is 16.0. The van der Waals surface area contributed by atoms with E-state index in [1.165, 1.54) is 29.3 Å². The number of aliphatic carboxylic acids is 2. The fourth-order valence-corrected chi connectivity index (χ4v) is 8.54. The van der Waals surface area contributed by atoms with Gasteiger partial charge in [-0.15, -0.1) is 0 Å². The molecule has 0 spiro atoms. The molecule has 46 heavy (non-hydrogen) atoms. The van der Waals surface area contributed by atoms with E-state index in [0.717, 1.165) is 25.9 Å². The van der Waals surface area contributed by atoms with Gasteiger partial charge in [0.25, 0.3) is 5.69 Å². The number of nitro benzene ring substituents is 1. The number of nitrogens with two attached hydrogens (primary N) is 1. The highest BCUT2D eigenvalue weighted by atomic mass is 16.6. The highest BCUT2D eigenvalue weighted by molar-refractivity contribution is 5.84. The average molecular weight is 629 g/mol. The van der Waals surface area contributed by atoms with Gasteiger partial charge in [0.2, 0.25) is 0 Å². The van der Waals surface area contributed by atoms with Crippen LogP contribution in [0, 0.1) is 26.9 Å². The predicted octanol–water partition coefficient (Wildman–Crippen LogP) is 5.23. The Morgan fingerprint density at radius 1 is 0.957 bits per heavy atom. The molecule has 2 heterocycles. The number of nitrogens with one attached hydrogen (secondary N) is 1. The number of non-ortho nitro benzene ring substituents is 1. The number of nitro groups is 1. The summed E-state index contributed by atoms with van der Waals surface area (Å²) >= 11 is 0. The summed E-state index contributed by atoms with van der Waals surface area (Å²) in [4.78, 5) is 40.5. The molecule has 2 saturated heterocycles. The number of nitrogens with zero attached hydrogens (tertiary/aromatic N) is 2. The third-order valence-corrected chi connectivity index (χ3v) is 11.1. The smallest absolute Gasteiger partial charge is 0.313 e. The number of rotatable bonds is 10. The predicted molar refractivity (Wildman–Crippen MR) is 175 cm³/mol. The third kappa shape index (κ3) is 5.38. The van der Waals surface area contributed by atoms with Crippen molar-refractivity contribution in [3.05, 3.63) is 112 Å². The topological polar surface area (TPSA) is 159 Å². The van der Waals surface area contributed by atoms with Gasteiger partial charge in [-0.3, -0.25) is 25.0 Å². The van der Waals surface area contributed by atoms with Crippen molar-refractivity contribution < 1.29 is 24.7 Å². The normalized spacial score (nSPS) is 28.1. The van der Waals surface area contributed by atoms with Crippen LogP contribution in [0.4, 0.5) is 5.69 Å². The zero-order chi connectivity index (χ0) is 33.3. The molecule has 3 aromatic rings. The number of piperidine rings is 2. The molecule has 0 aliphatic carbocycles. The molecule has 244 valence electrons. The van der Waals surface area contributed by atoms with Crippen molar-refractivity contribution in [3.8, 4) is 0 Å². The summed E-state index contributed by atoms with van der Waals surface area (Å²) in [5.41, 5.74) is 5.57. The first kappa shape index (κ1) is 33.2. The maximum atomic E-state index is 13.6. The van der Waals surface area contributed by atoms with Gasteiger partial charge in [0.15, 0.2) is 0 Å². The molecule has 10 nitrogen and oxygen atoms in total. The number of benzene rings is 3. The van der Waals surface area contributed by atoms with E-state index in [4.69, 9.17) is 5.73 Å². The van der Waals surface area contributed by atoms with Crippen LogP contribution in [0.2, 0.25) is 0 Å². The van der Waals surface area contributed by atoms with Gasteiger partial charge < -0.3 is 20.8 Å². The summed E-state index contributed by atoms with van der Waals surface area (Å²) in [5, 5.41) is 37.0. The standard InChI is InChI=1S/C36H44N4O6/c1-24(2)36(33(43)44)30(26-11-10-16-29(23-26)40(45)46)35(32(41)42,25(3)38-31(36)37)19-22-39-20-17-34(18-21-39,27-12-6-4-7-13-27)28-14-8-5-9-15-28/h4-16,23-25,30-31,38H,17-22,37H2,1-3H3,(H,41,42)(H,43,44). The molecule has 0 bridgehead atoms. The van der Waals surface area contributed by atoms with Crippen molar-refractivity contribution in [2.24, 2.45) is 22.5 Å². The minimum atomic E-state index is -1.77. The molecule has 0 radical (unpaired) electrons. The quantitative estimate of drug-likeness (QED) is 0.174. The molecule has 2 aliphatic heterocycles. The Labute approximate surface area is 269 Å². The number of hydrogen-bond donors (Lipinski definition) is 4. The van der Waals surface area contributed by atoms with Crippen molar-refractivity contribution in [1.82, 2.24) is 10.2 Å². The van der Waals surface area contributed by atoms with Gasteiger partial charge in [-0.25, -0.2) is 0 Å². The van der Waals surface area contributed by atoms with E-state index in [0.29, 0.717) is 12.1 Å². The van der Waals surface area contributed by atoms with Crippen LogP contribution in [0.25, 0.3) is 0 Å². The molecule has 5 N–H and O–H groups in total. The highest BCUT2D eigenvalue weighted by Crippen LogP contribution is 2.59. The molecule has 5 atom stereocenters. The van der Waals surface area contributed by atoms with Gasteiger partial charge in [-0.2, -0.15) is 0 Å². The van der Waals surface area contributed by atoms with Gasteiger partial charge >= 0.3 is 11.9 Å². The van der Waals surface area contributed by atoms with E-state index in [9.17, 15) is 29.9 Å². The lowest BCUT2D eigenvalue weighted by Crippen LogP contribution is -2.74. The lowest BCUT2D eigenvalue weighted by atomic mass is 9.49. The average Bonchev–Trinajstić information content (AvgIpc) is 3.04. The Kier molecular flexibility index (Phi) is 9.35. The second-order valence-electron chi connectivity index (χ2n) is 13.3. The first-order chi connectivity index (χ1) is 21.9. The van der Waals surface area contributed by atoms with Gasteiger partial charge in [0.05, 0.1) is 16.5 Å². The maximum Gasteiger partial charge on any atom is 0.313 e. The zero-order valence-electron chi connectivity index (χ0n) is 26.6. The molecule has 10 heteroatoms. The van der Waals surface area contributed by atoms with Crippen molar-refractivity contribution in [1.29, 1.82) is 0 Å². The van der Waals surface area contributed by atoms with E-state index in [-0.39, 0.29) is 17.5 Å². The molecule has 0 aromatic heterocycles. The lowest BCUT2D eigenvalue weighted by molar-refractivity contribution is -0.385. The number of likely N-dealkylation sites (tertiary alicyclic amines) is 1. The van der Waals surface area contributed by atoms with Crippen molar-refractivity contribution in [2.75, 3.05) is 19.6 Å². The minimum Gasteiger partial charge on any atom is -0.481 e. The third-order valence-electron chi connectivity index (χ3n) is 11.1. The molecular weight excluding hydrogens is 584 g/mol. The fraction of sp³-hybridized carbons (Fsp3) is 0.444. The van der Waals surface area contributed by atoms with E-state index in [1.54, 1.807) is 26.8 Å². The Hall–Kier alpha value is -4.12. The van der Waals surface area contributed by atoms with E-state index >= 15 is 0 Å².